The summed E-state index contributed by atoms with van der Waals surface area (Å²) in [4.78, 5) is 24.2. The zero-order valence-corrected chi connectivity index (χ0v) is 9.42. The van der Waals surface area contributed by atoms with Crippen molar-refractivity contribution in [2.24, 2.45) is 0 Å². The highest BCUT2D eigenvalue weighted by molar-refractivity contribution is 5.77. The van der Waals surface area contributed by atoms with Crippen molar-refractivity contribution in [1.82, 2.24) is 10.2 Å². The van der Waals surface area contributed by atoms with Gasteiger partial charge in [-0.05, 0) is 19.8 Å². The number of nitrogens with one attached hydrogen (secondary N) is 1. The third-order valence-electron chi connectivity index (χ3n) is 2.65. The number of likely N-dealkylation sites (tertiary alicyclic amines) is 1. The third kappa shape index (κ3) is 4.81. The fraction of sp³-hybridized carbons (Fsp3) is 0.818. The van der Waals surface area contributed by atoms with Crippen LogP contribution in [0.4, 0.5) is 4.79 Å². The second kappa shape index (κ2) is 6.43. The normalized spacial score (nSPS) is 17.0. The molecule has 0 aromatic heterocycles. The van der Waals surface area contributed by atoms with Gasteiger partial charge in [0, 0.05) is 26.1 Å². The van der Waals surface area contributed by atoms with Crippen molar-refractivity contribution in [1.29, 1.82) is 0 Å². The average molecular weight is 212 g/mol. The molecule has 0 saturated carbocycles. The molecule has 15 heavy (non-hydrogen) atoms. The van der Waals surface area contributed by atoms with Gasteiger partial charge in [-0.3, -0.25) is 4.79 Å². The van der Waals surface area contributed by atoms with Crippen LogP contribution in [0.25, 0.3) is 0 Å². The molecule has 0 unspecified atom stereocenters. The Morgan fingerprint density at radius 2 is 1.73 bits per heavy atom. The Balaban J connectivity index is 2.22. The van der Waals surface area contributed by atoms with Crippen molar-refractivity contribution in [2.75, 3.05) is 19.6 Å². The van der Waals surface area contributed by atoms with Crippen LogP contribution < -0.4 is 5.32 Å². The molecule has 4 nitrogen and oxygen atoms in total. The standard InChI is InChI=1S/C11H20N2O2/c1-10(14)6-7-12-11(15)13-8-4-2-3-5-9-13/h2-9H2,1H3,(H,12,15). The number of amides is 2. The Hall–Kier alpha value is -1.06. The highest BCUT2D eigenvalue weighted by Gasteiger charge is 2.14. The summed E-state index contributed by atoms with van der Waals surface area (Å²) in [6.45, 7) is 3.71. The summed E-state index contributed by atoms with van der Waals surface area (Å²) < 4.78 is 0. The highest BCUT2D eigenvalue weighted by Crippen LogP contribution is 2.09. The molecule has 1 heterocycles. The molecule has 0 atom stereocenters. The summed E-state index contributed by atoms with van der Waals surface area (Å²) in [6, 6.07) is -0.0156. The van der Waals surface area contributed by atoms with Crippen molar-refractivity contribution in [2.45, 2.75) is 39.0 Å². The van der Waals surface area contributed by atoms with Gasteiger partial charge in [0.2, 0.25) is 0 Å². The molecule has 2 amide bonds. The zero-order chi connectivity index (χ0) is 11.1. The number of nitrogens with zero attached hydrogens (tertiary/aromatic N) is 1. The van der Waals surface area contributed by atoms with Gasteiger partial charge in [0.15, 0.2) is 0 Å². The monoisotopic (exact) mass is 212 g/mol. The van der Waals surface area contributed by atoms with Crippen LogP contribution in [0.2, 0.25) is 0 Å². The lowest BCUT2D eigenvalue weighted by Crippen LogP contribution is -2.41. The van der Waals surface area contributed by atoms with E-state index in [9.17, 15) is 9.59 Å². The summed E-state index contributed by atoms with van der Waals surface area (Å²) >= 11 is 0. The van der Waals surface area contributed by atoms with Crippen molar-refractivity contribution >= 4 is 11.8 Å². The highest BCUT2D eigenvalue weighted by atomic mass is 16.2. The molecule has 1 rings (SSSR count). The first kappa shape index (κ1) is 12.0. The Kier molecular flexibility index (Phi) is 5.15. The predicted molar refractivity (Wildman–Crippen MR) is 58.7 cm³/mol. The largest absolute Gasteiger partial charge is 0.338 e. The molecule has 1 aliphatic heterocycles. The van der Waals surface area contributed by atoms with E-state index in [1.54, 1.807) is 0 Å². The minimum atomic E-state index is -0.0156. The Bertz CT molecular complexity index is 221. The molecule has 0 bridgehead atoms. The lowest BCUT2D eigenvalue weighted by Gasteiger charge is -2.20. The summed E-state index contributed by atoms with van der Waals surface area (Å²) in [5.74, 6) is 0.117. The Labute approximate surface area is 91.0 Å². The van der Waals surface area contributed by atoms with E-state index in [0.29, 0.717) is 13.0 Å². The van der Waals surface area contributed by atoms with Crippen LogP contribution in [-0.2, 0) is 4.79 Å². The van der Waals surface area contributed by atoms with E-state index < -0.39 is 0 Å². The van der Waals surface area contributed by atoms with Gasteiger partial charge in [-0.1, -0.05) is 12.8 Å². The van der Waals surface area contributed by atoms with Crippen LogP contribution in [0.1, 0.15) is 39.0 Å². The molecular formula is C11H20N2O2. The van der Waals surface area contributed by atoms with Crippen LogP contribution in [0.3, 0.4) is 0 Å². The first-order valence-corrected chi connectivity index (χ1v) is 5.72. The van der Waals surface area contributed by atoms with Gasteiger partial charge in [-0.25, -0.2) is 4.79 Å². The quantitative estimate of drug-likeness (QED) is 0.771. The molecule has 0 spiro atoms. The summed E-state index contributed by atoms with van der Waals surface area (Å²) in [5.41, 5.74) is 0. The van der Waals surface area contributed by atoms with Gasteiger partial charge in [-0.15, -0.1) is 0 Å². The maximum absolute atomic E-state index is 11.6. The van der Waals surface area contributed by atoms with Crippen LogP contribution in [0.15, 0.2) is 0 Å². The van der Waals surface area contributed by atoms with E-state index in [-0.39, 0.29) is 11.8 Å². The number of ketones is 1. The lowest BCUT2D eigenvalue weighted by molar-refractivity contribution is -0.116. The van der Waals surface area contributed by atoms with E-state index in [4.69, 9.17) is 0 Å². The van der Waals surface area contributed by atoms with Crippen molar-refractivity contribution in [3.63, 3.8) is 0 Å². The van der Waals surface area contributed by atoms with Crippen LogP contribution in [0.5, 0.6) is 0 Å². The molecule has 4 heteroatoms. The molecule has 86 valence electrons. The van der Waals surface area contributed by atoms with Gasteiger partial charge in [0.25, 0.3) is 0 Å². The van der Waals surface area contributed by atoms with Crippen LogP contribution in [0, 0.1) is 0 Å². The average Bonchev–Trinajstić information content (AvgIpc) is 2.44. The smallest absolute Gasteiger partial charge is 0.317 e. The van der Waals surface area contributed by atoms with E-state index >= 15 is 0 Å². The molecule has 1 saturated heterocycles. The third-order valence-corrected chi connectivity index (χ3v) is 2.65. The van der Waals surface area contributed by atoms with E-state index in [1.807, 2.05) is 4.90 Å². The predicted octanol–water partition coefficient (Wildman–Crippen LogP) is 1.55. The molecule has 0 aromatic rings. The van der Waals surface area contributed by atoms with Gasteiger partial charge >= 0.3 is 6.03 Å². The fourth-order valence-electron chi connectivity index (χ4n) is 1.73. The van der Waals surface area contributed by atoms with Crippen LogP contribution in [-0.4, -0.2) is 36.3 Å². The van der Waals surface area contributed by atoms with Crippen molar-refractivity contribution in [3.05, 3.63) is 0 Å². The molecule has 0 aromatic carbocycles. The maximum Gasteiger partial charge on any atom is 0.317 e. The number of rotatable bonds is 3. The Morgan fingerprint density at radius 3 is 2.27 bits per heavy atom. The zero-order valence-electron chi connectivity index (χ0n) is 9.42. The topological polar surface area (TPSA) is 49.4 Å². The molecule has 0 radical (unpaired) electrons. The van der Waals surface area contributed by atoms with E-state index in [2.05, 4.69) is 5.32 Å². The van der Waals surface area contributed by atoms with Crippen molar-refractivity contribution < 1.29 is 9.59 Å². The molecule has 1 N–H and O–H groups in total. The lowest BCUT2D eigenvalue weighted by atomic mass is 10.2. The fourth-order valence-corrected chi connectivity index (χ4v) is 1.73. The Morgan fingerprint density at radius 1 is 1.13 bits per heavy atom. The molecular weight excluding hydrogens is 192 g/mol. The molecule has 1 fully saturated rings. The SMILES string of the molecule is CC(=O)CCNC(=O)N1CCCCCC1. The van der Waals surface area contributed by atoms with Crippen LogP contribution >= 0.6 is 0 Å². The van der Waals surface area contributed by atoms with E-state index in [0.717, 1.165) is 25.9 Å². The molecule has 0 aliphatic carbocycles. The number of carbonyl (C=O) groups is 2. The number of hydrogen-bond acceptors (Lipinski definition) is 2. The first-order chi connectivity index (χ1) is 7.20. The van der Waals surface area contributed by atoms with Crippen molar-refractivity contribution in [3.8, 4) is 0 Å². The molecule has 1 aliphatic rings. The van der Waals surface area contributed by atoms with Gasteiger partial charge in [0.1, 0.15) is 5.78 Å². The van der Waals surface area contributed by atoms with Gasteiger partial charge in [0.05, 0.1) is 0 Å². The second-order valence-electron chi connectivity index (χ2n) is 4.09. The number of hydrogen-bond donors (Lipinski definition) is 1. The van der Waals surface area contributed by atoms with Gasteiger partial charge in [-0.2, -0.15) is 0 Å². The maximum atomic E-state index is 11.6. The summed E-state index contributed by atoms with van der Waals surface area (Å²) in [6.07, 6.45) is 5.06. The van der Waals surface area contributed by atoms with Gasteiger partial charge < -0.3 is 10.2 Å². The number of urea groups is 1. The second-order valence-corrected chi connectivity index (χ2v) is 4.09. The minimum Gasteiger partial charge on any atom is -0.338 e. The summed E-state index contributed by atoms with van der Waals surface area (Å²) in [7, 11) is 0. The number of carbonyl (C=O) groups excluding carboxylic acids is 2. The first-order valence-electron chi connectivity index (χ1n) is 5.72. The minimum absolute atomic E-state index is 0.0156. The van der Waals surface area contributed by atoms with E-state index in [1.165, 1.54) is 19.8 Å². The summed E-state index contributed by atoms with van der Waals surface area (Å²) in [5, 5.41) is 2.78. The number of Topliss-reactive ketones (excluding diaryl/α,β-unsaturated/α-hetero) is 1.